The summed E-state index contributed by atoms with van der Waals surface area (Å²) in [6.07, 6.45) is 0. The largest absolute Gasteiger partial charge is 0.308 e. The summed E-state index contributed by atoms with van der Waals surface area (Å²) in [5.41, 5.74) is 18.4. The lowest BCUT2D eigenvalue weighted by atomic mass is 9.94. The van der Waals surface area contributed by atoms with Crippen molar-refractivity contribution in [3.05, 3.63) is 212 Å². The Morgan fingerprint density at radius 3 is 1.11 bits per heavy atom. The van der Waals surface area contributed by atoms with Gasteiger partial charge in [0.1, 0.15) is 0 Å². The van der Waals surface area contributed by atoms with E-state index < -0.39 is 0 Å². The van der Waals surface area contributed by atoms with E-state index in [4.69, 9.17) is 0 Å². The van der Waals surface area contributed by atoms with Gasteiger partial charge in [0.05, 0.1) is 16.6 Å². The molecule has 11 rings (SSSR count). The molecule has 0 amide bonds. The Kier molecular flexibility index (Phi) is 7.25. The summed E-state index contributed by atoms with van der Waals surface area (Å²) in [5.74, 6) is 0. The Hall–Kier alpha value is -7.22. The number of para-hydroxylation sites is 1. The Labute approximate surface area is 320 Å². The van der Waals surface area contributed by atoms with E-state index in [1.807, 2.05) is 0 Å². The number of rotatable bonds is 6. The van der Waals surface area contributed by atoms with Gasteiger partial charge in [-0.15, -0.1) is 0 Å². The molecule has 11 aromatic rings. The smallest absolute Gasteiger partial charge is 0.0620 e. The molecule has 1 nitrogen and oxygen atoms in total. The molecular weight excluding hydrogens is 663 g/mol. The number of aromatic nitrogens is 1. The van der Waals surface area contributed by atoms with Gasteiger partial charge >= 0.3 is 0 Å². The van der Waals surface area contributed by atoms with Crippen molar-refractivity contribution in [3.63, 3.8) is 0 Å². The summed E-state index contributed by atoms with van der Waals surface area (Å²) in [6, 6.07) is 77.6. The van der Waals surface area contributed by atoms with Crippen LogP contribution in [0.1, 0.15) is 0 Å². The monoisotopic (exact) mass is 697 g/mol. The molecule has 0 aliphatic carbocycles. The molecule has 2 heterocycles. The van der Waals surface area contributed by atoms with Crippen LogP contribution in [0.25, 0.3) is 105 Å². The zero-order valence-corrected chi connectivity index (χ0v) is 30.2. The van der Waals surface area contributed by atoms with Crippen LogP contribution < -0.4 is 0 Å². The zero-order chi connectivity index (χ0) is 36.3. The molecule has 0 spiro atoms. The maximum atomic E-state index is 2.47. The molecule has 0 atom stereocenters. The lowest BCUT2D eigenvalue weighted by Gasteiger charge is -2.10. The Morgan fingerprint density at radius 1 is 0.200 bits per heavy atom. The first-order valence-corrected chi connectivity index (χ1v) is 19.0. The highest BCUT2D eigenvalue weighted by molar-refractivity contribution is 6.24. The van der Waals surface area contributed by atoms with Crippen LogP contribution in [-0.2, 0) is 0 Å². The van der Waals surface area contributed by atoms with Gasteiger partial charge in [-0.05, 0) is 109 Å². The fourth-order valence-corrected chi connectivity index (χ4v) is 8.57. The maximum absolute atomic E-state index is 2.47. The minimum atomic E-state index is 1.21. The van der Waals surface area contributed by atoms with Gasteiger partial charge in [-0.2, -0.15) is 0 Å². The summed E-state index contributed by atoms with van der Waals surface area (Å²) in [7, 11) is 0. The fourth-order valence-electron chi connectivity index (χ4n) is 8.57. The van der Waals surface area contributed by atoms with Gasteiger partial charge in [0.15, 0.2) is 0 Å². The average Bonchev–Trinajstić information content (AvgIpc) is 3.79. The van der Waals surface area contributed by atoms with Gasteiger partial charge in [-0.25, -0.2) is 0 Å². The average molecular weight is 698 g/mol. The summed E-state index contributed by atoms with van der Waals surface area (Å²) in [4.78, 5) is 0. The minimum absolute atomic E-state index is 1.21. The van der Waals surface area contributed by atoms with Crippen molar-refractivity contribution in [2.24, 2.45) is 0 Å². The normalized spacial score (nSPS) is 11.6. The van der Waals surface area contributed by atoms with Gasteiger partial charge in [0, 0.05) is 21.5 Å². The first-order chi connectivity index (χ1) is 27.2. The van der Waals surface area contributed by atoms with Crippen molar-refractivity contribution in [3.8, 4) is 66.8 Å². The number of benzene rings is 9. The molecule has 9 aromatic carbocycles. The lowest BCUT2D eigenvalue weighted by molar-refractivity contribution is 1.37. The molecule has 1 heteroatoms. The number of fused-ring (bicyclic) bond motifs is 6. The van der Waals surface area contributed by atoms with Crippen LogP contribution in [0.5, 0.6) is 0 Å². The Bertz CT molecular complexity index is 3150. The lowest BCUT2D eigenvalue weighted by Crippen LogP contribution is -1.85. The SMILES string of the molecule is c1ccc(-c2ccc(-c3cccc(-c4cccc(-c5ccc6c(c5)c5cc(-c7ccc(-c8ccccc8)cc7)cc7c8ccccc8n6c75)c4)c3)cc2)cc1. The Morgan fingerprint density at radius 2 is 0.545 bits per heavy atom. The van der Waals surface area contributed by atoms with Gasteiger partial charge in [-0.1, -0.05) is 170 Å². The van der Waals surface area contributed by atoms with Crippen molar-refractivity contribution in [2.45, 2.75) is 0 Å². The van der Waals surface area contributed by atoms with E-state index in [-0.39, 0.29) is 0 Å². The molecule has 55 heavy (non-hydrogen) atoms. The van der Waals surface area contributed by atoms with Crippen LogP contribution in [0.3, 0.4) is 0 Å². The summed E-state index contributed by atoms with van der Waals surface area (Å²) < 4.78 is 2.47. The van der Waals surface area contributed by atoms with Crippen molar-refractivity contribution in [2.75, 3.05) is 0 Å². The molecule has 0 saturated heterocycles. The number of hydrogen-bond acceptors (Lipinski definition) is 0. The van der Waals surface area contributed by atoms with Crippen molar-refractivity contribution in [1.29, 1.82) is 0 Å². The predicted molar refractivity (Wildman–Crippen MR) is 234 cm³/mol. The van der Waals surface area contributed by atoms with Gasteiger partial charge in [-0.3, -0.25) is 0 Å². The van der Waals surface area contributed by atoms with Crippen LogP contribution in [0, 0.1) is 0 Å². The molecular formula is C54H35N. The van der Waals surface area contributed by atoms with Crippen LogP contribution in [0.15, 0.2) is 212 Å². The van der Waals surface area contributed by atoms with E-state index in [1.165, 1.54) is 105 Å². The van der Waals surface area contributed by atoms with Gasteiger partial charge in [0.2, 0.25) is 0 Å². The molecule has 2 aromatic heterocycles. The molecule has 0 aliphatic heterocycles. The van der Waals surface area contributed by atoms with Crippen LogP contribution in [0.4, 0.5) is 0 Å². The first kappa shape index (κ1) is 31.3. The maximum Gasteiger partial charge on any atom is 0.0620 e. The predicted octanol–water partition coefficient (Wildman–Crippen LogP) is 14.8. The third-order valence-corrected chi connectivity index (χ3v) is 11.3. The molecule has 256 valence electrons. The molecule has 0 N–H and O–H groups in total. The van der Waals surface area contributed by atoms with Gasteiger partial charge < -0.3 is 4.40 Å². The summed E-state index contributed by atoms with van der Waals surface area (Å²) >= 11 is 0. The Balaban J connectivity index is 0.992. The molecule has 0 radical (unpaired) electrons. The van der Waals surface area contributed by atoms with Crippen LogP contribution >= 0.6 is 0 Å². The fraction of sp³-hybridized carbons (Fsp3) is 0. The second-order valence-corrected chi connectivity index (χ2v) is 14.6. The molecule has 0 unspecified atom stereocenters. The van der Waals surface area contributed by atoms with Crippen molar-refractivity contribution in [1.82, 2.24) is 4.40 Å². The highest BCUT2D eigenvalue weighted by atomic mass is 14.9. The van der Waals surface area contributed by atoms with E-state index in [9.17, 15) is 0 Å². The molecule has 0 bridgehead atoms. The summed E-state index contributed by atoms with van der Waals surface area (Å²) in [6.45, 7) is 0. The van der Waals surface area contributed by atoms with E-state index in [0.717, 1.165) is 0 Å². The third kappa shape index (κ3) is 5.32. The second kappa shape index (κ2) is 12.7. The van der Waals surface area contributed by atoms with E-state index in [0.29, 0.717) is 0 Å². The highest BCUT2D eigenvalue weighted by Crippen LogP contribution is 2.43. The quantitative estimate of drug-likeness (QED) is 0.163. The van der Waals surface area contributed by atoms with E-state index >= 15 is 0 Å². The zero-order valence-electron chi connectivity index (χ0n) is 30.2. The van der Waals surface area contributed by atoms with E-state index in [2.05, 4.69) is 217 Å². The molecule has 0 saturated carbocycles. The number of hydrogen-bond donors (Lipinski definition) is 0. The topological polar surface area (TPSA) is 4.41 Å². The second-order valence-electron chi connectivity index (χ2n) is 14.6. The van der Waals surface area contributed by atoms with Crippen LogP contribution in [0.2, 0.25) is 0 Å². The number of nitrogens with zero attached hydrogens (tertiary/aromatic N) is 1. The standard InChI is InChI=1S/C54H35N/c1-3-11-36(12-4-1)38-21-25-40(26-22-38)42-15-9-16-43(31-42)44-17-10-18-45(32-44)46-29-30-53-49(33-46)51-35-47(34-50-48-19-7-8-20-52(48)55(53)54(50)51)41-27-23-39(24-28-41)37-13-5-2-6-14-37/h1-35H. The van der Waals surface area contributed by atoms with Crippen LogP contribution in [-0.4, -0.2) is 4.40 Å². The van der Waals surface area contributed by atoms with Gasteiger partial charge in [0.25, 0.3) is 0 Å². The summed E-state index contributed by atoms with van der Waals surface area (Å²) in [5, 5.41) is 5.15. The van der Waals surface area contributed by atoms with Crippen molar-refractivity contribution < 1.29 is 0 Å². The third-order valence-electron chi connectivity index (χ3n) is 11.3. The minimum Gasteiger partial charge on any atom is -0.308 e. The molecule has 0 fully saturated rings. The molecule has 0 aliphatic rings. The van der Waals surface area contributed by atoms with E-state index in [1.54, 1.807) is 0 Å². The highest BCUT2D eigenvalue weighted by Gasteiger charge is 2.19. The van der Waals surface area contributed by atoms with Crippen molar-refractivity contribution >= 4 is 38.1 Å². The first-order valence-electron chi connectivity index (χ1n) is 19.0.